The molecule has 0 saturated carbocycles. The van der Waals surface area contributed by atoms with Crippen LogP contribution in [0.2, 0.25) is 0 Å². The largest absolute Gasteiger partial charge is 0.464 e. The fraction of sp³-hybridized carbons (Fsp3) is 0.600. The molecular weight excluding hydrogens is 286 g/mol. The van der Waals surface area contributed by atoms with Crippen LogP contribution in [0.5, 0.6) is 0 Å². The molecule has 0 unspecified atom stereocenters. The minimum Gasteiger partial charge on any atom is -0.464 e. The fourth-order valence-electron chi connectivity index (χ4n) is 1.67. The topological polar surface area (TPSA) is 83.7 Å². The van der Waals surface area contributed by atoms with Gasteiger partial charge in [-0.3, -0.25) is 0 Å². The van der Waals surface area contributed by atoms with Gasteiger partial charge in [-0.15, -0.1) is 0 Å². The van der Waals surface area contributed by atoms with Gasteiger partial charge in [0.2, 0.25) is 0 Å². The molecule has 0 aliphatic rings. The first-order valence-electron chi connectivity index (χ1n) is 7.14. The minimum atomic E-state index is -0.493. The van der Waals surface area contributed by atoms with Crippen molar-refractivity contribution in [1.82, 2.24) is 15.2 Å². The molecule has 1 amide bonds. The van der Waals surface area contributed by atoms with Gasteiger partial charge >= 0.3 is 12.1 Å². The summed E-state index contributed by atoms with van der Waals surface area (Å²) in [5.74, 6) is -0.393. The number of hydrogen-bond acceptors (Lipinski definition) is 5. The number of nitrogens with zero attached hydrogens (tertiary/aromatic N) is 1. The number of hydrogen-bond donors (Lipinski definition) is 2. The Kier molecular flexibility index (Phi) is 6.42. The maximum absolute atomic E-state index is 11.8. The van der Waals surface area contributed by atoms with Crippen molar-refractivity contribution in [2.75, 3.05) is 27.2 Å². The van der Waals surface area contributed by atoms with Crippen molar-refractivity contribution in [2.24, 2.45) is 0 Å². The predicted octanol–water partition coefficient (Wildman–Crippen LogP) is 1.76. The molecule has 1 aromatic heterocycles. The Labute approximate surface area is 131 Å². The summed E-state index contributed by atoms with van der Waals surface area (Å²) in [4.78, 5) is 27.5. The van der Waals surface area contributed by atoms with E-state index in [1.807, 2.05) is 26.8 Å². The van der Waals surface area contributed by atoms with Crippen LogP contribution in [0.25, 0.3) is 0 Å². The Bertz CT molecular complexity index is 505. The monoisotopic (exact) mass is 311 g/mol. The van der Waals surface area contributed by atoms with Crippen LogP contribution in [-0.4, -0.2) is 54.8 Å². The Balaban J connectivity index is 2.29. The molecule has 0 atom stereocenters. The highest BCUT2D eigenvalue weighted by Crippen LogP contribution is 2.08. The number of carbonyl (C=O) groups is 2. The van der Waals surface area contributed by atoms with Crippen molar-refractivity contribution in [3.8, 4) is 0 Å². The van der Waals surface area contributed by atoms with Crippen LogP contribution in [0.1, 0.15) is 37.0 Å². The lowest BCUT2D eigenvalue weighted by molar-refractivity contribution is 0.0300. The highest BCUT2D eigenvalue weighted by atomic mass is 16.6. The van der Waals surface area contributed by atoms with Gasteiger partial charge in [-0.05, 0) is 32.9 Å². The average molecular weight is 311 g/mol. The second kappa shape index (κ2) is 7.84. The second-order valence-electron chi connectivity index (χ2n) is 5.97. The number of methoxy groups -OCH3 is 1. The first-order valence-corrected chi connectivity index (χ1v) is 7.14. The van der Waals surface area contributed by atoms with E-state index in [2.05, 4.69) is 15.0 Å². The van der Waals surface area contributed by atoms with Gasteiger partial charge in [-0.1, -0.05) is 0 Å². The number of amides is 1. The van der Waals surface area contributed by atoms with Crippen LogP contribution < -0.4 is 5.32 Å². The van der Waals surface area contributed by atoms with Crippen LogP contribution in [-0.2, 0) is 16.0 Å². The number of carbonyl (C=O) groups excluding carboxylic acids is 2. The van der Waals surface area contributed by atoms with Crippen molar-refractivity contribution in [2.45, 2.75) is 32.9 Å². The van der Waals surface area contributed by atoms with Crippen LogP contribution in [0.4, 0.5) is 4.79 Å². The maximum Gasteiger partial charge on any atom is 0.410 e. The lowest BCUT2D eigenvalue weighted by atomic mass is 10.2. The molecule has 0 saturated heterocycles. The number of H-pyrrole nitrogens is 1. The van der Waals surface area contributed by atoms with Crippen molar-refractivity contribution in [3.05, 3.63) is 23.5 Å². The highest BCUT2D eigenvalue weighted by Gasteiger charge is 2.19. The Morgan fingerprint density at radius 1 is 1.32 bits per heavy atom. The zero-order chi connectivity index (χ0) is 16.8. The van der Waals surface area contributed by atoms with E-state index in [4.69, 9.17) is 4.74 Å². The predicted molar refractivity (Wildman–Crippen MR) is 82.7 cm³/mol. The number of nitrogens with one attached hydrogen (secondary N) is 2. The molecule has 0 aromatic carbocycles. The number of likely N-dealkylation sites (N-methyl/N-ethyl adjacent to an activating group) is 1. The Morgan fingerprint density at radius 3 is 2.59 bits per heavy atom. The lowest BCUT2D eigenvalue weighted by Crippen LogP contribution is -2.37. The standard InChI is InChI=1S/C15H25N3O4/c1-15(2,3)22-14(20)18(4)9-8-16-10-11-6-7-12(17-11)13(19)21-5/h6-7,16-17H,8-10H2,1-5H3. The normalized spacial score (nSPS) is 11.1. The summed E-state index contributed by atoms with van der Waals surface area (Å²) in [5.41, 5.74) is 0.804. The van der Waals surface area contributed by atoms with Crippen molar-refractivity contribution in [1.29, 1.82) is 0 Å². The summed E-state index contributed by atoms with van der Waals surface area (Å²) < 4.78 is 9.88. The third-order valence-corrected chi connectivity index (χ3v) is 2.80. The summed E-state index contributed by atoms with van der Waals surface area (Å²) in [6, 6.07) is 3.49. The van der Waals surface area contributed by atoms with Crippen LogP contribution in [0.3, 0.4) is 0 Å². The van der Waals surface area contributed by atoms with E-state index < -0.39 is 11.6 Å². The summed E-state index contributed by atoms with van der Waals surface area (Å²) in [6.07, 6.45) is -0.345. The number of rotatable bonds is 6. The van der Waals surface area contributed by atoms with Gasteiger partial charge < -0.3 is 24.7 Å². The van der Waals surface area contributed by atoms with Gasteiger partial charge in [0, 0.05) is 32.4 Å². The molecule has 1 rings (SSSR count). The molecule has 124 valence electrons. The van der Waals surface area contributed by atoms with Crippen molar-refractivity contribution in [3.63, 3.8) is 0 Å². The molecule has 0 spiro atoms. The number of ether oxygens (including phenoxy) is 2. The maximum atomic E-state index is 11.8. The van der Waals surface area contributed by atoms with Gasteiger partial charge in [-0.25, -0.2) is 9.59 Å². The summed E-state index contributed by atoms with van der Waals surface area (Å²) in [6.45, 7) is 7.21. The van der Waals surface area contributed by atoms with E-state index >= 15 is 0 Å². The molecule has 22 heavy (non-hydrogen) atoms. The summed E-state index contributed by atoms with van der Waals surface area (Å²) in [5, 5.41) is 3.19. The van der Waals surface area contributed by atoms with E-state index in [0.717, 1.165) is 5.69 Å². The molecule has 7 heteroatoms. The van der Waals surface area contributed by atoms with E-state index in [1.54, 1.807) is 13.1 Å². The van der Waals surface area contributed by atoms with Crippen LogP contribution in [0, 0.1) is 0 Å². The molecule has 2 N–H and O–H groups in total. The minimum absolute atomic E-state index is 0.345. The molecular formula is C15H25N3O4. The third kappa shape index (κ3) is 6.17. The lowest BCUT2D eigenvalue weighted by Gasteiger charge is -2.24. The van der Waals surface area contributed by atoms with Gasteiger partial charge in [0.1, 0.15) is 11.3 Å². The molecule has 1 aromatic rings. The Hall–Kier alpha value is -2.02. The summed E-state index contributed by atoms with van der Waals surface area (Å²) >= 11 is 0. The third-order valence-electron chi connectivity index (χ3n) is 2.80. The fourth-order valence-corrected chi connectivity index (χ4v) is 1.67. The Morgan fingerprint density at radius 2 is 2.00 bits per heavy atom. The molecule has 0 aliphatic heterocycles. The average Bonchev–Trinajstić information content (AvgIpc) is 2.89. The molecule has 7 nitrogen and oxygen atoms in total. The van der Waals surface area contributed by atoms with Gasteiger partial charge in [0.05, 0.1) is 7.11 Å². The van der Waals surface area contributed by atoms with Gasteiger partial charge in [0.25, 0.3) is 0 Å². The van der Waals surface area contributed by atoms with Crippen molar-refractivity contribution < 1.29 is 19.1 Å². The van der Waals surface area contributed by atoms with E-state index in [0.29, 0.717) is 25.3 Å². The van der Waals surface area contributed by atoms with E-state index in [-0.39, 0.29) is 6.09 Å². The number of aromatic amines is 1. The molecule has 0 bridgehead atoms. The molecule has 0 radical (unpaired) electrons. The smallest absolute Gasteiger partial charge is 0.410 e. The zero-order valence-electron chi connectivity index (χ0n) is 13.9. The highest BCUT2D eigenvalue weighted by molar-refractivity contribution is 5.87. The quantitative estimate of drug-likeness (QED) is 0.618. The zero-order valence-corrected chi connectivity index (χ0v) is 13.9. The first-order chi connectivity index (χ1) is 10.2. The van der Waals surface area contributed by atoms with Crippen LogP contribution in [0.15, 0.2) is 12.1 Å². The first kappa shape index (κ1) is 18.0. The second-order valence-corrected chi connectivity index (χ2v) is 5.97. The number of aromatic nitrogens is 1. The molecule has 1 heterocycles. The number of esters is 1. The van der Waals surface area contributed by atoms with Crippen LogP contribution >= 0.6 is 0 Å². The van der Waals surface area contributed by atoms with Gasteiger partial charge in [0.15, 0.2) is 0 Å². The molecule has 0 fully saturated rings. The SMILES string of the molecule is COC(=O)c1ccc(CNCCN(C)C(=O)OC(C)(C)C)[nH]1. The summed E-state index contributed by atoms with van der Waals surface area (Å²) in [7, 11) is 3.04. The van der Waals surface area contributed by atoms with Gasteiger partial charge in [-0.2, -0.15) is 0 Å². The van der Waals surface area contributed by atoms with Crippen molar-refractivity contribution >= 4 is 12.1 Å². The van der Waals surface area contributed by atoms with E-state index in [1.165, 1.54) is 12.0 Å². The van der Waals surface area contributed by atoms with E-state index in [9.17, 15) is 9.59 Å². The molecule has 0 aliphatic carbocycles.